The number of piperazine rings is 1. The minimum absolute atomic E-state index is 0.232. The molecule has 1 aromatic heterocycles. The molecule has 1 aliphatic rings. The number of amides is 1. The Hall–Kier alpha value is -2.74. The summed E-state index contributed by atoms with van der Waals surface area (Å²) in [6, 6.07) is 5.61. The van der Waals surface area contributed by atoms with Crippen molar-refractivity contribution in [2.75, 3.05) is 56.7 Å². The van der Waals surface area contributed by atoms with Gasteiger partial charge in [-0.1, -0.05) is 25.4 Å². The van der Waals surface area contributed by atoms with Gasteiger partial charge in [-0.2, -0.15) is 4.98 Å². The highest BCUT2D eigenvalue weighted by Crippen LogP contribution is 2.32. The van der Waals surface area contributed by atoms with Gasteiger partial charge in [0.2, 0.25) is 11.8 Å². The lowest BCUT2D eigenvalue weighted by Gasteiger charge is -2.36. The Bertz CT molecular complexity index is 885. The maximum Gasteiger partial charge on any atom is 0.258 e. The number of hydrogen-bond donors (Lipinski definition) is 1. The fraction of sp³-hybridized carbons (Fsp3) is 0.476. The van der Waals surface area contributed by atoms with Crippen LogP contribution in [0, 0.1) is 5.92 Å². The summed E-state index contributed by atoms with van der Waals surface area (Å²) in [5, 5.41) is 3.54. The summed E-state index contributed by atoms with van der Waals surface area (Å²) in [5.74, 6) is 1.74. The molecule has 0 saturated carbocycles. The molecule has 2 aromatic rings. The first-order valence-corrected chi connectivity index (χ1v) is 10.3. The Morgan fingerprint density at radius 2 is 1.87 bits per heavy atom. The fourth-order valence-corrected chi connectivity index (χ4v) is 3.44. The van der Waals surface area contributed by atoms with Crippen LogP contribution in [0.15, 0.2) is 24.4 Å². The Labute approximate surface area is 182 Å². The normalized spacial score (nSPS) is 14.1. The molecule has 0 spiro atoms. The van der Waals surface area contributed by atoms with E-state index in [4.69, 9.17) is 21.1 Å². The molecular formula is C21H28ClN5O3. The van der Waals surface area contributed by atoms with Gasteiger partial charge in [0.05, 0.1) is 19.9 Å². The molecule has 9 heteroatoms. The van der Waals surface area contributed by atoms with Crippen molar-refractivity contribution in [3.8, 4) is 11.6 Å². The minimum atomic E-state index is -0.232. The van der Waals surface area contributed by atoms with Gasteiger partial charge in [-0.3, -0.25) is 4.79 Å². The summed E-state index contributed by atoms with van der Waals surface area (Å²) >= 11 is 6.17. The highest BCUT2D eigenvalue weighted by Gasteiger charge is 2.23. The number of carbonyl (C=O) groups is 1. The van der Waals surface area contributed by atoms with Crippen LogP contribution in [0.3, 0.4) is 0 Å². The van der Waals surface area contributed by atoms with Crippen molar-refractivity contribution in [1.29, 1.82) is 0 Å². The fourth-order valence-electron chi connectivity index (χ4n) is 3.27. The summed E-state index contributed by atoms with van der Waals surface area (Å²) in [6.45, 7) is 7.62. The van der Waals surface area contributed by atoms with Gasteiger partial charge < -0.3 is 24.6 Å². The first-order valence-electron chi connectivity index (χ1n) is 9.95. The molecule has 0 aliphatic carbocycles. The van der Waals surface area contributed by atoms with Crippen molar-refractivity contribution in [3.05, 3.63) is 35.0 Å². The number of benzene rings is 1. The van der Waals surface area contributed by atoms with Crippen molar-refractivity contribution in [2.24, 2.45) is 5.92 Å². The van der Waals surface area contributed by atoms with E-state index in [1.807, 2.05) is 32.0 Å². The van der Waals surface area contributed by atoms with Crippen LogP contribution < -0.4 is 24.6 Å². The zero-order chi connectivity index (χ0) is 21.7. The molecule has 0 unspecified atom stereocenters. The van der Waals surface area contributed by atoms with Gasteiger partial charge in [0.1, 0.15) is 11.3 Å². The van der Waals surface area contributed by atoms with E-state index in [-0.39, 0.29) is 11.8 Å². The Kier molecular flexibility index (Phi) is 7.20. The molecule has 0 atom stereocenters. The molecule has 30 heavy (non-hydrogen) atoms. The van der Waals surface area contributed by atoms with Crippen LogP contribution in [0.2, 0.25) is 5.02 Å². The molecule has 1 aromatic carbocycles. The van der Waals surface area contributed by atoms with Crippen molar-refractivity contribution < 1.29 is 14.3 Å². The lowest BCUT2D eigenvalue weighted by Crippen LogP contribution is -2.47. The summed E-state index contributed by atoms with van der Waals surface area (Å²) in [5.41, 5.74) is 1.31. The molecule has 162 valence electrons. The molecule has 1 N–H and O–H groups in total. The summed E-state index contributed by atoms with van der Waals surface area (Å²) in [6.07, 6.45) is 1.53. The van der Waals surface area contributed by atoms with E-state index in [9.17, 15) is 4.79 Å². The number of carbonyl (C=O) groups excluding carboxylic acids is 1. The second kappa shape index (κ2) is 9.84. The SMILES string of the molecule is COc1ccc(Cl)cc1N1CCN(c2ncc(C(=O)NCC(C)C)c(OC)n2)CC1. The van der Waals surface area contributed by atoms with E-state index >= 15 is 0 Å². The number of ether oxygens (including phenoxy) is 2. The molecule has 8 nitrogen and oxygen atoms in total. The third kappa shape index (κ3) is 5.05. The molecule has 1 fully saturated rings. The largest absolute Gasteiger partial charge is 0.495 e. The second-order valence-corrected chi connectivity index (χ2v) is 7.92. The van der Waals surface area contributed by atoms with Crippen LogP contribution in [0.5, 0.6) is 11.6 Å². The predicted molar refractivity (Wildman–Crippen MR) is 118 cm³/mol. The lowest BCUT2D eigenvalue weighted by molar-refractivity contribution is 0.0945. The first-order chi connectivity index (χ1) is 14.4. The van der Waals surface area contributed by atoms with Gasteiger partial charge in [0, 0.05) is 43.9 Å². The van der Waals surface area contributed by atoms with Crippen LogP contribution >= 0.6 is 11.6 Å². The van der Waals surface area contributed by atoms with E-state index in [1.165, 1.54) is 13.3 Å². The minimum Gasteiger partial charge on any atom is -0.495 e. The quantitative estimate of drug-likeness (QED) is 0.719. The van der Waals surface area contributed by atoms with Crippen LogP contribution in [0.4, 0.5) is 11.6 Å². The van der Waals surface area contributed by atoms with Crippen molar-refractivity contribution in [1.82, 2.24) is 15.3 Å². The molecular weight excluding hydrogens is 406 g/mol. The Morgan fingerprint density at radius 1 is 1.17 bits per heavy atom. The third-order valence-electron chi connectivity index (χ3n) is 4.89. The zero-order valence-electron chi connectivity index (χ0n) is 17.8. The topological polar surface area (TPSA) is 79.8 Å². The van der Waals surface area contributed by atoms with E-state index in [1.54, 1.807) is 7.11 Å². The summed E-state index contributed by atoms with van der Waals surface area (Å²) in [4.78, 5) is 25.6. The van der Waals surface area contributed by atoms with Crippen LogP contribution in [-0.2, 0) is 0 Å². The number of methoxy groups -OCH3 is 2. The van der Waals surface area contributed by atoms with Crippen molar-refractivity contribution in [2.45, 2.75) is 13.8 Å². The standard InChI is InChI=1S/C21H28ClN5O3/c1-14(2)12-23-19(28)16-13-24-21(25-20(16)30-4)27-9-7-26(8-10-27)17-11-15(22)5-6-18(17)29-3/h5-6,11,13-14H,7-10,12H2,1-4H3,(H,23,28). The van der Waals surface area contributed by atoms with Crippen LogP contribution in [0.25, 0.3) is 0 Å². The van der Waals surface area contributed by atoms with Gasteiger partial charge in [-0.05, 0) is 24.1 Å². The van der Waals surface area contributed by atoms with Gasteiger partial charge in [-0.15, -0.1) is 0 Å². The van der Waals surface area contributed by atoms with E-state index < -0.39 is 0 Å². The second-order valence-electron chi connectivity index (χ2n) is 7.49. The number of halogens is 1. The molecule has 1 aliphatic heterocycles. The number of anilines is 2. The summed E-state index contributed by atoms with van der Waals surface area (Å²) in [7, 11) is 3.16. The maximum absolute atomic E-state index is 12.4. The lowest BCUT2D eigenvalue weighted by atomic mass is 10.2. The predicted octanol–water partition coefficient (Wildman–Crippen LogP) is 2.86. The Morgan fingerprint density at radius 3 is 2.50 bits per heavy atom. The van der Waals surface area contributed by atoms with E-state index in [2.05, 4.69) is 25.1 Å². The summed E-state index contributed by atoms with van der Waals surface area (Å²) < 4.78 is 10.8. The maximum atomic E-state index is 12.4. The number of nitrogens with zero attached hydrogens (tertiary/aromatic N) is 4. The number of rotatable bonds is 7. The third-order valence-corrected chi connectivity index (χ3v) is 5.13. The highest BCUT2D eigenvalue weighted by atomic mass is 35.5. The average molecular weight is 434 g/mol. The van der Waals surface area contributed by atoms with Gasteiger partial charge in [-0.25, -0.2) is 4.98 Å². The monoisotopic (exact) mass is 433 g/mol. The van der Waals surface area contributed by atoms with Crippen LogP contribution in [0.1, 0.15) is 24.2 Å². The molecule has 0 bridgehead atoms. The van der Waals surface area contributed by atoms with Crippen molar-refractivity contribution >= 4 is 29.1 Å². The van der Waals surface area contributed by atoms with E-state index in [0.29, 0.717) is 29.0 Å². The zero-order valence-corrected chi connectivity index (χ0v) is 18.6. The highest BCUT2D eigenvalue weighted by molar-refractivity contribution is 6.30. The molecule has 1 amide bonds. The molecule has 2 heterocycles. The van der Waals surface area contributed by atoms with Crippen molar-refractivity contribution in [3.63, 3.8) is 0 Å². The number of nitrogens with one attached hydrogen (secondary N) is 1. The Balaban J connectivity index is 1.70. The molecule has 0 radical (unpaired) electrons. The first kappa shape index (κ1) is 22.0. The number of hydrogen-bond acceptors (Lipinski definition) is 7. The van der Waals surface area contributed by atoms with Crippen LogP contribution in [-0.4, -0.2) is 62.8 Å². The van der Waals surface area contributed by atoms with Gasteiger partial charge in [0.15, 0.2) is 0 Å². The smallest absolute Gasteiger partial charge is 0.258 e. The number of aromatic nitrogens is 2. The van der Waals surface area contributed by atoms with Gasteiger partial charge in [0.25, 0.3) is 5.91 Å². The molecule has 3 rings (SSSR count). The van der Waals surface area contributed by atoms with Gasteiger partial charge >= 0.3 is 0 Å². The molecule has 1 saturated heterocycles. The average Bonchev–Trinajstić information content (AvgIpc) is 2.77. The van der Waals surface area contributed by atoms with E-state index in [0.717, 1.165) is 37.6 Å².